The Kier molecular flexibility index (Phi) is 5.91. The summed E-state index contributed by atoms with van der Waals surface area (Å²) in [6.45, 7) is 1.97. The van der Waals surface area contributed by atoms with E-state index < -0.39 is 22.8 Å². The first-order chi connectivity index (χ1) is 15.3. The molecule has 0 radical (unpaired) electrons. The third kappa shape index (κ3) is 4.33. The third-order valence-electron chi connectivity index (χ3n) is 5.22. The normalized spacial score (nSPS) is 15.6. The monoisotopic (exact) mass is 455 g/mol. The van der Waals surface area contributed by atoms with Crippen molar-refractivity contribution in [2.75, 3.05) is 11.9 Å². The summed E-state index contributed by atoms with van der Waals surface area (Å²) in [5.41, 5.74) is 1.15. The quantitative estimate of drug-likeness (QED) is 0.462. The summed E-state index contributed by atoms with van der Waals surface area (Å²) in [7, 11) is 0. The highest BCUT2D eigenvalue weighted by Gasteiger charge is 2.35. The predicted octanol–water partition coefficient (Wildman–Crippen LogP) is 3.80. The Morgan fingerprint density at radius 1 is 1.22 bits per heavy atom. The molecule has 1 unspecified atom stereocenters. The van der Waals surface area contributed by atoms with E-state index in [9.17, 15) is 24.1 Å². The van der Waals surface area contributed by atoms with Gasteiger partial charge in [-0.15, -0.1) is 10.2 Å². The largest absolute Gasteiger partial charge is 0.327 e. The Labute approximate surface area is 186 Å². The molecule has 2 heterocycles. The van der Waals surface area contributed by atoms with Crippen molar-refractivity contribution >= 4 is 34.0 Å². The van der Waals surface area contributed by atoms with Crippen LogP contribution in [0.15, 0.2) is 42.5 Å². The molecule has 0 aliphatic carbocycles. The van der Waals surface area contributed by atoms with E-state index in [1.54, 1.807) is 19.1 Å². The maximum Gasteiger partial charge on any atom is 0.273 e. The summed E-state index contributed by atoms with van der Waals surface area (Å²) >= 11 is 1.14. The minimum absolute atomic E-state index is 0.141. The van der Waals surface area contributed by atoms with E-state index in [0.29, 0.717) is 35.5 Å². The minimum atomic E-state index is -0.721. The number of amides is 2. The van der Waals surface area contributed by atoms with E-state index >= 15 is 0 Å². The molecular formula is C21H18FN5O4S. The Morgan fingerprint density at radius 2 is 1.97 bits per heavy atom. The van der Waals surface area contributed by atoms with Gasteiger partial charge < -0.3 is 4.90 Å². The fourth-order valence-corrected chi connectivity index (χ4v) is 4.31. The molecule has 1 saturated heterocycles. The van der Waals surface area contributed by atoms with E-state index in [2.05, 4.69) is 15.5 Å². The van der Waals surface area contributed by atoms with Crippen LogP contribution in [0.2, 0.25) is 0 Å². The molecule has 32 heavy (non-hydrogen) atoms. The second-order valence-electron chi connectivity index (χ2n) is 7.32. The van der Waals surface area contributed by atoms with Gasteiger partial charge in [-0.25, -0.2) is 4.39 Å². The second-order valence-corrected chi connectivity index (χ2v) is 8.30. The van der Waals surface area contributed by atoms with E-state index in [1.807, 2.05) is 0 Å². The standard InChI is InChI=1S/C21H18FN5O4S/c1-12-4-5-14(11-17(12)27(30)31)20(29)26-10-2-3-16(26)18(28)23-21-25-24-19(32-21)13-6-8-15(22)9-7-13/h4-9,11,16H,2-3,10H2,1H3,(H,23,25,28). The molecule has 0 spiro atoms. The highest BCUT2D eigenvalue weighted by molar-refractivity contribution is 7.18. The molecular weight excluding hydrogens is 437 g/mol. The molecule has 1 aliphatic heterocycles. The van der Waals surface area contributed by atoms with Gasteiger partial charge >= 0.3 is 0 Å². The number of carbonyl (C=O) groups excluding carboxylic acids is 2. The number of benzene rings is 2. The van der Waals surface area contributed by atoms with Gasteiger partial charge in [0.05, 0.1) is 4.92 Å². The third-order valence-corrected chi connectivity index (χ3v) is 6.10. The van der Waals surface area contributed by atoms with E-state index in [-0.39, 0.29) is 22.2 Å². The van der Waals surface area contributed by atoms with Crippen LogP contribution >= 0.6 is 11.3 Å². The number of halogens is 1. The van der Waals surface area contributed by atoms with Crippen molar-refractivity contribution in [2.24, 2.45) is 0 Å². The lowest BCUT2D eigenvalue weighted by Crippen LogP contribution is -2.43. The predicted molar refractivity (Wildman–Crippen MR) is 116 cm³/mol. The average Bonchev–Trinajstić information content (AvgIpc) is 3.44. The van der Waals surface area contributed by atoms with Gasteiger partial charge in [0.15, 0.2) is 0 Å². The molecule has 2 aromatic carbocycles. The first-order valence-electron chi connectivity index (χ1n) is 9.80. The van der Waals surface area contributed by atoms with Crippen molar-refractivity contribution in [3.05, 3.63) is 69.5 Å². The number of nitro groups is 1. The maximum atomic E-state index is 13.1. The number of nitro benzene ring substituents is 1. The number of likely N-dealkylation sites (tertiary alicyclic amines) is 1. The van der Waals surface area contributed by atoms with E-state index in [1.165, 1.54) is 35.2 Å². The number of rotatable bonds is 5. The Balaban J connectivity index is 1.48. The number of carbonyl (C=O) groups is 2. The molecule has 1 atom stereocenters. The topological polar surface area (TPSA) is 118 Å². The molecule has 11 heteroatoms. The molecule has 3 aromatic rings. The average molecular weight is 455 g/mol. The van der Waals surface area contributed by atoms with Gasteiger partial charge in [0.1, 0.15) is 16.9 Å². The molecule has 0 saturated carbocycles. The van der Waals surface area contributed by atoms with Crippen LogP contribution in [-0.2, 0) is 4.79 Å². The number of anilines is 1. The first-order valence-corrected chi connectivity index (χ1v) is 10.6. The fourth-order valence-electron chi connectivity index (χ4n) is 3.56. The summed E-state index contributed by atoms with van der Waals surface area (Å²) in [5.74, 6) is -1.20. The Hall–Kier alpha value is -3.73. The SMILES string of the molecule is Cc1ccc(C(=O)N2CCCC2C(=O)Nc2nnc(-c3ccc(F)cc3)s2)cc1[N+](=O)[O-]. The van der Waals surface area contributed by atoms with Crippen LogP contribution in [-0.4, -0.2) is 44.4 Å². The van der Waals surface area contributed by atoms with Gasteiger partial charge in [-0.05, 0) is 50.1 Å². The van der Waals surface area contributed by atoms with Crippen molar-refractivity contribution in [3.63, 3.8) is 0 Å². The lowest BCUT2D eigenvalue weighted by molar-refractivity contribution is -0.385. The molecule has 0 bridgehead atoms. The van der Waals surface area contributed by atoms with Gasteiger partial charge in [-0.3, -0.25) is 25.0 Å². The molecule has 1 aliphatic rings. The van der Waals surface area contributed by atoms with Gasteiger partial charge in [-0.2, -0.15) is 0 Å². The van der Waals surface area contributed by atoms with Gasteiger partial charge in [-0.1, -0.05) is 17.4 Å². The highest BCUT2D eigenvalue weighted by Crippen LogP contribution is 2.28. The van der Waals surface area contributed by atoms with Gasteiger partial charge in [0, 0.05) is 29.3 Å². The van der Waals surface area contributed by atoms with Crippen molar-refractivity contribution in [3.8, 4) is 10.6 Å². The zero-order chi connectivity index (χ0) is 22.8. The van der Waals surface area contributed by atoms with Crippen LogP contribution in [0.4, 0.5) is 15.2 Å². The van der Waals surface area contributed by atoms with Crippen molar-refractivity contribution in [1.82, 2.24) is 15.1 Å². The van der Waals surface area contributed by atoms with Crippen LogP contribution in [0.1, 0.15) is 28.8 Å². The van der Waals surface area contributed by atoms with Crippen LogP contribution in [0, 0.1) is 22.9 Å². The smallest absolute Gasteiger partial charge is 0.273 e. The number of hydrogen-bond donors (Lipinski definition) is 1. The fraction of sp³-hybridized carbons (Fsp3) is 0.238. The molecule has 2 amide bonds. The first kappa shape index (κ1) is 21.5. The maximum absolute atomic E-state index is 13.1. The van der Waals surface area contributed by atoms with Crippen LogP contribution in [0.25, 0.3) is 10.6 Å². The summed E-state index contributed by atoms with van der Waals surface area (Å²) in [6, 6.07) is 9.33. The molecule has 4 rings (SSSR count). The summed E-state index contributed by atoms with van der Waals surface area (Å²) in [5, 5.41) is 22.7. The zero-order valence-electron chi connectivity index (χ0n) is 16.9. The molecule has 9 nitrogen and oxygen atoms in total. The van der Waals surface area contributed by atoms with Crippen LogP contribution in [0.3, 0.4) is 0 Å². The lowest BCUT2D eigenvalue weighted by Gasteiger charge is -2.23. The lowest BCUT2D eigenvalue weighted by atomic mass is 10.1. The van der Waals surface area contributed by atoms with Gasteiger partial charge in [0.2, 0.25) is 11.0 Å². The zero-order valence-corrected chi connectivity index (χ0v) is 17.8. The second kappa shape index (κ2) is 8.79. The van der Waals surface area contributed by atoms with Crippen LogP contribution in [0.5, 0.6) is 0 Å². The number of aromatic nitrogens is 2. The Bertz CT molecular complexity index is 1200. The number of aryl methyl sites for hydroxylation is 1. The van der Waals surface area contributed by atoms with E-state index in [4.69, 9.17) is 0 Å². The number of nitrogens with one attached hydrogen (secondary N) is 1. The summed E-state index contributed by atoms with van der Waals surface area (Å²) in [4.78, 5) is 37.9. The molecule has 1 fully saturated rings. The summed E-state index contributed by atoms with van der Waals surface area (Å²) in [6.07, 6.45) is 1.10. The summed E-state index contributed by atoms with van der Waals surface area (Å²) < 4.78 is 13.1. The van der Waals surface area contributed by atoms with E-state index in [0.717, 1.165) is 11.3 Å². The van der Waals surface area contributed by atoms with Crippen molar-refractivity contribution in [1.29, 1.82) is 0 Å². The minimum Gasteiger partial charge on any atom is -0.327 e. The van der Waals surface area contributed by atoms with Crippen LogP contribution < -0.4 is 5.32 Å². The number of nitrogens with zero attached hydrogens (tertiary/aromatic N) is 4. The molecule has 1 aromatic heterocycles. The highest BCUT2D eigenvalue weighted by atomic mass is 32.1. The van der Waals surface area contributed by atoms with Crippen molar-refractivity contribution < 1.29 is 18.9 Å². The number of hydrogen-bond acceptors (Lipinski definition) is 7. The van der Waals surface area contributed by atoms with Gasteiger partial charge in [0.25, 0.3) is 11.6 Å². The molecule has 1 N–H and O–H groups in total. The van der Waals surface area contributed by atoms with Crippen molar-refractivity contribution in [2.45, 2.75) is 25.8 Å². The Morgan fingerprint density at radius 3 is 2.69 bits per heavy atom. The molecule has 164 valence electrons.